The van der Waals surface area contributed by atoms with Crippen LogP contribution in [0.4, 0.5) is 14.5 Å². The summed E-state index contributed by atoms with van der Waals surface area (Å²) in [5.41, 5.74) is 1.77. The highest BCUT2D eigenvalue weighted by Crippen LogP contribution is 2.26. The molecule has 0 radical (unpaired) electrons. The number of anilines is 1. The van der Waals surface area contributed by atoms with Gasteiger partial charge in [-0.05, 0) is 60.2 Å². The van der Waals surface area contributed by atoms with Gasteiger partial charge in [0.2, 0.25) is 0 Å². The summed E-state index contributed by atoms with van der Waals surface area (Å²) < 4.78 is 30.4. The van der Waals surface area contributed by atoms with Crippen molar-refractivity contribution in [3.63, 3.8) is 0 Å². The minimum atomic E-state index is -2.51. The molecule has 1 amide bonds. The van der Waals surface area contributed by atoms with Crippen molar-refractivity contribution in [1.29, 1.82) is 5.26 Å². The second kappa shape index (κ2) is 10.9. The lowest BCUT2D eigenvalue weighted by molar-refractivity contribution is -0.112. The number of aromatic nitrogens is 1. The minimum Gasteiger partial charge on any atom is -0.487 e. The van der Waals surface area contributed by atoms with E-state index in [0.717, 1.165) is 5.69 Å². The lowest BCUT2D eigenvalue weighted by Crippen LogP contribution is -2.13. The zero-order valence-corrected chi connectivity index (χ0v) is 17.0. The summed E-state index contributed by atoms with van der Waals surface area (Å²) in [5, 5.41) is 11.9. The number of halogens is 2. The summed E-state index contributed by atoms with van der Waals surface area (Å²) in [6.07, 6.45) is 3.15. The number of carbonyl (C=O) groups is 1. The van der Waals surface area contributed by atoms with E-state index in [9.17, 15) is 18.8 Å². The lowest BCUT2D eigenvalue weighted by atomic mass is 10.1. The zero-order valence-electron chi connectivity index (χ0n) is 16.2. The molecule has 8 heteroatoms. The number of hydrogen-bond acceptors (Lipinski definition) is 5. The van der Waals surface area contributed by atoms with Gasteiger partial charge in [0, 0.05) is 16.8 Å². The molecule has 0 fully saturated rings. The predicted octanol–water partition coefficient (Wildman–Crippen LogP) is 5.52. The molecule has 0 saturated carbocycles. The van der Waals surface area contributed by atoms with Crippen molar-refractivity contribution < 1.29 is 18.3 Å². The van der Waals surface area contributed by atoms with Crippen LogP contribution in [0.1, 0.15) is 11.3 Å². The van der Waals surface area contributed by atoms with E-state index in [4.69, 9.17) is 4.74 Å². The molecule has 0 aliphatic carbocycles. The molecule has 0 atom stereocenters. The zero-order chi connectivity index (χ0) is 22.1. The monoisotopic (exact) mass is 437 g/mol. The molecule has 1 aromatic heterocycles. The highest BCUT2D eigenvalue weighted by molar-refractivity contribution is 7.99. The largest absolute Gasteiger partial charge is 0.487 e. The molecule has 0 unspecified atom stereocenters. The van der Waals surface area contributed by atoms with Gasteiger partial charge >= 0.3 is 0 Å². The van der Waals surface area contributed by atoms with E-state index in [1.807, 2.05) is 24.3 Å². The van der Waals surface area contributed by atoms with Crippen molar-refractivity contribution in [1.82, 2.24) is 4.98 Å². The third-order valence-corrected chi connectivity index (χ3v) is 4.73. The van der Waals surface area contributed by atoms with Crippen LogP contribution in [-0.2, 0) is 11.4 Å². The van der Waals surface area contributed by atoms with Crippen LogP contribution in [0.15, 0.2) is 83.4 Å². The molecule has 1 heterocycles. The number of nitrogens with one attached hydrogen (secondary N) is 1. The van der Waals surface area contributed by atoms with Gasteiger partial charge < -0.3 is 10.1 Å². The molecule has 0 aliphatic heterocycles. The summed E-state index contributed by atoms with van der Waals surface area (Å²) in [4.78, 5) is 16.9. The second-order valence-electron chi connectivity index (χ2n) is 6.21. The molecule has 1 N–H and O–H groups in total. The van der Waals surface area contributed by atoms with Gasteiger partial charge in [-0.15, -0.1) is 0 Å². The van der Waals surface area contributed by atoms with Gasteiger partial charge in [-0.1, -0.05) is 30.0 Å². The van der Waals surface area contributed by atoms with Crippen LogP contribution in [0.3, 0.4) is 0 Å². The Bertz CT molecular complexity index is 1080. The lowest BCUT2D eigenvalue weighted by Gasteiger charge is -2.07. The number of alkyl halides is 2. The number of hydrogen-bond donors (Lipinski definition) is 1. The van der Waals surface area contributed by atoms with E-state index in [2.05, 4.69) is 10.3 Å². The van der Waals surface area contributed by atoms with Gasteiger partial charge in [0.25, 0.3) is 11.7 Å². The number of rotatable bonds is 8. The summed E-state index contributed by atoms with van der Waals surface area (Å²) >= 11 is 0.418. The Labute approximate surface area is 182 Å². The number of pyridine rings is 1. The number of carbonyl (C=O) groups excluding carboxylic acids is 1. The van der Waals surface area contributed by atoms with Crippen molar-refractivity contribution >= 4 is 29.4 Å². The van der Waals surface area contributed by atoms with Crippen LogP contribution in [0.2, 0.25) is 0 Å². The number of benzene rings is 2. The summed E-state index contributed by atoms with van der Waals surface area (Å²) in [7, 11) is 0. The van der Waals surface area contributed by atoms with Gasteiger partial charge in [0.05, 0.1) is 5.69 Å². The molecule has 3 aromatic rings. The van der Waals surface area contributed by atoms with Gasteiger partial charge in [-0.2, -0.15) is 14.0 Å². The first-order valence-corrected chi connectivity index (χ1v) is 10.0. The summed E-state index contributed by atoms with van der Waals surface area (Å²) in [6.45, 7) is 0.330. The molecule has 0 spiro atoms. The fraction of sp³-hybridized carbons (Fsp3) is 0.0870. The average Bonchev–Trinajstić information content (AvgIpc) is 2.78. The molecular weight excluding hydrogens is 420 g/mol. The van der Waals surface area contributed by atoms with Crippen LogP contribution in [-0.4, -0.2) is 16.6 Å². The third-order valence-electron chi connectivity index (χ3n) is 4.01. The van der Waals surface area contributed by atoms with E-state index in [0.29, 0.717) is 40.3 Å². The van der Waals surface area contributed by atoms with Gasteiger partial charge in [0.1, 0.15) is 24.0 Å². The quantitative estimate of drug-likeness (QED) is 0.285. The normalized spacial score (nSPS) is 11.1. The highest BCUT2D eigenvalue weighted by atomic mass is 32.2. The molecule has 2 aromatic carbocycles. The Hall–Kier alpha value is -3.70. The molecule has 156 valence electrons. The maximum atomic E-state index is 12.4. The Balaban J connectivity index is 1.61. The minimum absolute atomic E-state index is 0.0896. The Kier molecular flexibility index (Phi) is 7.73. The summed E-state index contributed by atoms with van der Waals surface area (Å²) in [6, 6.07) is 20.3. The molecule has 0 bridgehead atoms. The third kappa shape index (κ3) is 6.94. The fourth-order valence-corrected chi connectivity index (χ4v) is 3.03. The van der Waals surface area contributed by atoms with Crippen LogP contribution < -0.4 is 10.1 Å². The van der Waals surface area contributed by atoms with Crippen molar-refractivity contribution in [3.8, 4) is 11.8 Å². The predicted molar refractivity (Wildman–Crippen MR) is 116 cm³/mol. The number of ether oxygens (including phenoxy) is 1. The molecule has 3 rings (SSSR count). The molecule has 0 saturated heterocycles. The van der Waals surface area contributed by atoms with Crippen LogP contribution in [0.5, 0.6) is 5.75 Å². The van der Waals surface area contributed by atoms with E-state index >= 15 is 0 Å². The van der Waals surface area contributed by atoms with Crippen molar-refractivity contribution in [2.24, 2.45) is 0 Å². The van der Waals surface area contributed by atoms with E-state index in [1.54, 1.807) is 30.5 Å². The first kappa shape index (κ1) is 22.0. The second-order valence-corrected chi connectivity index (χ2v) is 7.27. The van der Waals surface area contributed by atoms with Crippen molar-refractivity contribution in [2.75, 3.05) is 5.32 Å². The Morgan fingerprint density at radius 2 is 1.87 bits per heavy atom. The van der Waals surface area contributed by atoms with E-state index in [1.165, 1.54) is 30.3 Å². The highest BCUT2D eigenvalue weighted by Gasteiger charge is 2.11. The first-order chi connectivity index (χ1) is 15.0. The van der Waals surface area contributed by atoms with Gasteiger partial charge in [-0.25, -0.2) is 0 Å². The Morgan fingerprint density at radius 3 is 2.48 bits per heavy atom. The SMILES string of the molecule is N#C/C(=C\c1ccc(OCc2ccccn2)cc1)C(=O)Nc1ccc(SC(F)F)cc1. The molecule has 0 aliphatic rings. The maximum absolute atomic E-state index is 12.4. The van der Waals surface area contributed by atoms with Crippen LogP contribution in [0.25, 0.3) is 6.08 Å². The maximum Gasteiger partial charge on any atom is 0.288 e. The average molecular weight is 437 g/mol. The molecule has 31 heavy (non-hydrogen) atoms. The smallest absolute Gasteiger partial charge is 0.288 e. The fourth-order valence-electron chi connectivity index (χ4n) is 2.53. The van der Waals surface area contributed by atoms with Crippen molar-refractivity contribution in [3.05, 3.63) is 89.8 Å². The number of nitrogens with zero attached hydrogens (tertiary/aromatic N) is 2. The van der Waals surface area contributed by atoms with Gasteiger partial charge in [0.15, 0.2) is 0 Å². The Morgan fingerprint density at radius 1 is 1.13 bits per heavy atom. The van der Waals surface area contributed by atoms with E-state index in [-0.39, 0.29) is 5.57 Å². The molecular formula is C23H17F2N3O2S. The van der Waals surface area contributed by atoms with Crippen LogP contribution in [0, 0.1) is 11.3 Å². The van der Waals surface area contributed by atoms with E-state index < -0.39 is 11.7 Å². The number of amides is 1. The number of nitriles is 1. The number of thioether (sulfide) groups is 1. The van der Waals surface area contributed by atoms with Gasteiger partial charge in [-0.3, -0.25) is 9.78 Å². The van der Waals surface area contributed by atoms with Crippen molar-refractivity contribution in [2.45, 2.75) is 17.3 Å². The summed E-state index contributed by atoms with van der Waals surface area (Å²) in [5.74, 6) is -2.47. The molecule has 5 nitrogen and oxygen atoms in total. The topological polar surface area (TPSA) is 75.0 Å². The standard InChI is InChI=1S/C23H17F2N3O2S/c24-23(25)31-21-10-6-18(7-11-21)28-22(29)17(14-26)13-16-4-8-20(9-5-16)30-15-19-3-1-2-12-27-19/h1-13,23H,15H2,(H,28,29)/b17-13+. The first-order valence-electron chi connectivity index (χ1n) is 9.14. The van der Waals surface area contributed by atoms with Crippen LogP contribution >= 0.6 is 11.8 Å².